The van der Waals surface area contributed by atoms with E-state index in [1.165, 1.54) is 49.2 Å². The molecule has 0 aliphatic carbocycles. The van der Waals surface area contributed by atoms with Crippen molar-refractivity contribution in [1.29, 1.82) is 0 Å². The summed E-state index contributed by atoms with van der Waals surface area (Å²) in [5, 5.41) is 3.92. The lowest BCUT2D eigenvalue weighted by atomic mass is 9.99. The summed E-state index contributed by atoms with van der Waals surface area (Å²) < 4.78 is 2.41. The molecule has 0 unspecified atom stereocenters. The Morgan fingerprint density at radius 2 is 1.04 bits per heavy atom. The zero-order valence-electron chi connectivity index (χ0n) is 33.5. The van der Waals surface area contributed by atoms with Crippen LogP contribution in [0.1, 0.15) is 16.7 Å². The maximum absolute atomic E-state index is 4.96. The summed E-state index contributed by atoms with van der Waals surface area (Å²) in [5.41, 5.74) is 16.8. The molecule has 278 valence electrons. The summed E-state index contributed by atoms with van der Waals surface area (Å²) in [6.07, 6.45) is 3.96. The van der Waals surface area contributed by atoms with Gasteiger partial charge in [0.05, 0.1) is 36.2 Å². The SMILES string of the molecule is Cc1cnc(-c2cccc(N(c3cccc(-c4cc([Si](C)(C)C)ccn4)c3)c3c(C)cc(-n4c5ccccc5c5ccccc54)cc3C)c2)cc1-c1ccccc1. The van der Waals surface area contributed by atoms with Gasteiger partial charge in [0.15, 0.2) is 0 Å². The monoisotopic (exact) mass is 754 g/mol. The van der Waals surface area contributed by atoms with Crippen molar-refractivity contribution in [2.45, 2.75) is 40.4 Å². The van der Waals surface area contributed by atoms with Gasteiger partial charge in [-0.1, -0.05) is 116 Å². The van der Waals surface area contributed by atoms with Crippen LogP contribution in [0.25, 0.3) is 61.1 Å². The molecule has 6 aromatic carbocycles. The van der Waals surface area contributed by atoms with Crippen LogP contribution in [-0.4, -0.2) is 22.6 Å². The van der Waals surface area contributed by atoms with E-state index in [4.69, 9.17) is 9.97 Å². The normalized spacial score (nSPS) is 11.7. The molecule has 0 fully saturated rings. The lowest BCUT2D eigenvalue weighted by Crippen LogP contribution is -2.37. The molecule has 3 heterocycles. The Hall–Kier alpha value is -6.56. The number of hydrogen-bond acceptors (Lipinski definition) is 3. The Kier molecular flexibility index (Phi) is 9.18. The van der Waals surface area contributed by atoms with Crippen molar-refractivity contribution in [3.8, 4) is 39.3 Å². The summed E-state index contributed by atoms with van der Waals surface area (Å²) in [7, 11) is -1.54. The third-order valence-corrected chi connectivity index (χ3v) is 13.2. The molecule has 0 amide bonds. The van der Waals surface area contributed by atoms with Crippen LogP contribution in [0.4, 0.5) is 17.1 Å². The molecule has 0 aliphatic rings. The van der Waals surface area contributed by atoms with Gasteiger partial charge in [0.1, 0.15) is 0 Å². The van der Waals surface area contributed by atoms with Crippen molar-refractivity contribution in [2.75, 3.05) is 4.90 Å². The lowest BCUT2D eigenvalue weighted by molar-refractivity contribution is 1.14. The molecule has 0 bridgehead atoms. The fourth-order valence-corrected chi connectivity index (χ4v) is 9.44. The van der Waals surface area contributed by atoms with Gasteiger partial charge in [-0.2, -0.15) is 0 Å². The lowest BCUT2D eigenvalue weighted by Gasteiger charge is -2.30. The Morgan fingerprint density at radius 3 is 1.63 bits per heavy atom. The smallest absolute Gasteiger partial charge is 0.0777 e. The topological polar surface area (TPSA) is 34.0 Å². The molecule has 0 saturated heterocycles. The van der Waals surface area contributed by atoms with E-state index in [1.807, 2.05) is 12.4 Å². The minimum atomic E-state index is -1.54. The van der Waals surface area contributed by atoms with Crippen molar-refractivity contribution >= 4 is 52.1 Å². The number of fused-ring (bicyclic) bond motifs is 3. The number of rotatable bonds is 8. The standard InChI is InChI=1S/C52H46N4Si/c1-35-28-43(56-50-24-12-10-22-45(50)46-23-11-13-25-51(46)56)29-36(2)52(35)55(41-20-14-18-39(30-41)48-32-44(26-27-53-48)57(4,5)6)42-21-15-19-40(31-42)49-33-47(37(3)34-54-49)38-16-8-7-9-17-38/h7-34H,1-6H3. The highest BCUT2D eigenvalue weighted by Gasteiger charge is 2.22. The molecule has 0 spiro atoms. The van der Waals surface area contributed by atoms with E-state index in [2.05, 4.69) is 208 Å². The highest BCUT2D eigenvalue weighted by Crippen LogP contribution is 2.43. The highest BCUT2D eigenvalue weighted by molar-refractivity contribution is 6.88. The molecule has 5 heteroatoms. The first-order chi connectivity index (χ1) is 27.6. The third kappa shape index (κ3) is 6.74. The molecule has 0 atom stereocenters. The van der Waals surface area contributed by atoms with Crippen LogP contribution in [-0.2, 0) is 0 Å². The molecule has 9 aromatic rings. The van der Waals surface area contributed by atoms with Gasteiger partial charge in [-0.15, -0.1) is 0 Å². The van der Waals surface area contributed by atoms with Gasteiger partial charge >= 0.3 is 0 Å². The molecule has 3 aromatic heterocycles. The predicted octanol–water partition coefficient (Wildman–Crippen LogP) is 13.5. The molecule has 0 saturated carbocycles. The van der Waals surface area contributed by atoms with E-state index in [0.717, 1.165) is 50.8 Å². The number of para-hydroxylation sites is 2. The summed E-state index contributed by atoms with van der Waals surface area (Å²) in [6.45, 7) is 13.8. The van der Waals surface area contributed by atoms with Crippen LogP contribution >= 0.6 is 0 Å². The second-order valence-corrected chi connectivity index (χ2v) is 21.2. The highest BCUT2D eigenvalue weighted by atomic mass is 28.3. The van der Waals surface area contributed by atoms with Crippen molar-refractivity contribution < 1.29 is 0 Å². The summed E-state index contributed by atoms with van der Waals surface area (Å²) in [5.74, 6) is 0. The van der Waals surface area contributed by atoms with Crippen molar-refractivity contribution in [3.05, 3.63) is 187 Å². The van der Waals surface area contributed by atoms with Crippen molar-refractivity contribution in [2.24, 2.45) is 0 Å². The van der Waals surface area contributed by atoms with Crippen molar-refractivity contribution in [3.63, 3.8) is 0 Å². The van der Waals surface area contributed by atoms with Crippen molar-refractivity contribution in [1.82, 2.24) is 14.5 Å². The fourth-order valence-electron chi connectivity index (χ4n) is 8.30. The third-order valence-electron chi connectivity index (χ3n) is 11.2. The number of hydrogen-bond donors (Lipinski definition) is 0. The number of nitrogens with zero attached hydrogens (tertiary/aromatic N) is 4. The molecule has 9 rings (SSSR count). The number of anilines is 3. The van der Waals surface area contributed by atoms with E-state index >= 15 is 0 Å². The average molecular weight is 755 g/mol. The maximum Gasteiger partial charge on any atom is 0.0777 e. The van der Waals surface area contributed by atoms with Gasteiger partial charge < -0.3 is 9.47 Å². The molecular formula is C52H46N4Si. The fraction of sp³-hybridized carbons (Fsp3) is 0.115. The van der Waals surface area contributed by atoms with Gasteiger partial charge in [0.25, 0.3) is 0 Å². The van der Waals surface area contributed by atoms with Gasteiger partial charge in [0.2, 0.25) is 0 Å². The molecular weight excluding hydrogens is 709 g/mol. The van der Waals surface area contributed by atoms with Crippen LogP contribution in [0.5, 0.6) is 0 Å². The largest absolute Gasteiger partial charge is 0.310 e. The van der Waals surface area contributed by atoms with Gasteiger partial charge in [-0.3, -0.25) is 9.97 Å². The average Bonchev–Trinajstić information content (AvgIpc) is 3.57. The summed E-state index contributed by atoms with van der Waals surface area (Å²) in [6, 6.07) is 57.1. The first-order valence-corrected chi connectivity index (χ1v) is 23.2. The van der Waals surface area contributed by atoms with Gasteiger partial charge in [-0.25, -0.2) is 0 Å². The molecule has 0 N–H and O–H groups in total. The number of pyridine rings is 2. The Bertz CT molecular complexity index is 2860. The van der Waals surface area contributed by atoms with Crippen LogP contribution in [0.2, 0.25) is 19.6 Å². The van der Waals surface area contributed by atoms with E-state index in [0.29, 0.717) is 0 Å². The minimum Gasteiger partial charge on any atom is -0.310 e. The van der Waals surface area contributed by atoms with E-state index < -0.39 is 8.07 Å². The Morgan fingerprint density at radius 1 is 0.491 bits per heavy atom. The Labute approximate surface area is 336 Å². The molecule has 57 heavy (non-hydrogen) atoms. The molecule has 0 aliphatic heterocycles. The molecule has 4 nitrogen and oxygen atoms in total. The summed E-state index contributed by atoms with van der Waals surface area (Å²) in [4.78, 5) is 12.3. The second-order valence-electron chi connectivity index (χ2n) is 16.2. The zero-order valence-corrected chi connectivity index (χ0v) is 34.5. The van der Waals surface area contributed by atoms with E-state index in [9.17, 15) is 0 Å². The first kappa shape index (κ1) is 36.1. The first-order valence-electron chi connectivity index (χ1n) is 19.7. The quantitative estimate of drug-likeness (QED) is 0.145. The number of benzene rings is 6. The van der Waals surface area contributed by atoms with Gasteiger partial charge in [-0.05, 0) is 115 Å². The predicted molar refractivity (Wildman–Crippen MR) is 245 cm³/mol. The van der Waals surface area contributed by atoms with E-state index in [-0.39, 0.29) is 0 Å². The van der Waals surface area contributed by atoms with Crippen LogP contribution in [0.15, 0.2) is 170 Å². The van der Waals surface area contributed by atoms with E-state index in [1.54, 1.807) is 0 Å². The minimum absolute atomic E-state index is 0.942. The zero-order chi connectivity index (χ0) is 39.3. The number of aryl methyl sites for hydroxylation is 3. The van der Waals surface area contributed by atoms with Gasteiger partial charge in [0, 0.05) is 51.4 Å². The molecule has 0 radical (unpaired) electrons. The maximum atomic E-state index is 4.96. The van der Waals surface area contributed by atoms with Crippen LogP contribution < -0.4 is 10.1 Å². The Balaban J connectivity index is 1.22. The second kappa shape index (κ2) is 14.5. The van der Waals surface area contributed by atoms with Crippen LogP contribution in [0, 0.1) is 20.8 Å². The summed E-state index contributed by atoms with van der Waals surface area (Å²) >= 11 is 0. The van der Waals surface area contributed by atoms with Crippen LogP contribution in [0.3, 0.4) is 0 Å². The number of aromatic nitrogens is 3.